The zero-order valence-electron chi connectivity index (χ0n) is 10.4. The van der Waals surface area contributed by atoms with Crippen LogP contribution in [-0.4, -0.2) is 12.4 Å². The van der Waals surface area contributed by atoms with Crippen LogP contribution in [0.25, 0.3) is 0 Å². The molecule has 0 N–H and O–H groups in total. The molecule has 1 aromatic rings. The average Bonchev–Trinajstić information content (AvgIpc) is 2.41. The van der Waals surface area contributed by atoms with E-state index in [4.69, 9.17) is 11.2 Å². The minimum atomic E-state index is -0.562. The first-order valence-corrected chi connectivity index (χ1v) is 6.16. The molecule has 1 atom stereocenters. The molecule has 0 saturated heterocycles. The fraction of sp³-hybridized carbons (Fsp3) is 0.400. The summed E-state index contributed by atoms with van der Waals surface area (Å²) in [7, 11) is 0. The largest absolute Gasteiger partial charge is 0.490 e. The third-order valence-corrected chi connectivity index (χ3v) is 3.18. The van der Waals surface area contributed by atoms with Gasteiger partial charge in [0, 0.05) is 30.7 Å². The Morgan fingerprint density at radius 3 is 2.89 bits per heavy atom. The van der Waals surface area contributed by atoms with E-state index in [-0.39, 0.29) is 36.0 Å². The van der Waals surface area contributed by atoms with Crippen molar-refractivity contribution in [2.45, 2.75) is 25.7 Å². The van der Waals surface area contributed by atoms with Crippen molar-refractivity contribution in [2.24, 2.45) is 5.92 Å². The minimum Gasteiger partial charge on any atom is -0.490 e. The second-order valence-corrected chi connectivity index (χ2v) is 4.66. The summed E-state index contributed by atoms with van der Waals surface area (Å²) < 4.78 is 32.3. The number of ether oxygens (including phenoxy) is 1. The molecule has 0 aliphatic carbocycles. The van der Waals surface area contributed by atoms with Gasteiger partial charge >= 0.3 is 0 Å². The number of hydrogen-bond donors (Lipinski definition) is 0. The molecule has 1 unspecified atom stereocenters. The predicted molar refractivity (Wildman–Crippen MR) is 66.7 cm³/mol. The highest BCUT2D eigenvalue weighted by Gasteiger charge is 2.26. The third kappa shape index (κ3) is 3.11. The summed E-state index contributed by atoms with van der Waals surface area (Å²) in [5.41, 5.74) is 0.223. The van der Waals surface area contributed by atoms with E-state index in [1.54, 1.807) is 0 Å². The van der Waals surface area contributed by atoms with Gasteiger partial charge in [0.15, 0.2) is 11.6 Å². The van der Waals surface area contributed by atoms with Gasteiger partial charge in [0.25, 0.3) is 0 Å². The van der Waals surface area contributed by atoms with Gasteiger partial charge in [0.05, 0.1) is 6.61 Å². The topological polar surface area (TPSA) is 26.3 Å². The first-order valence-electron chi connectivity index (χ1n) is 6.16. The molecule has 2 rings (SSSR count). The molecule has 4 heteroatoms. The van der Waals surface area contributed by atoms with Crippen molar-refractivity contribution in [3.63, 3.8) is 0 Å². The molecule has 0 amide bonds. The van der Waals surface area contributed by atoms with Crippen LogP contribution in [0.4, 0.5) is 8.78 Å². The zero-order valence-corrected chi connectivity index (χ0v) is 10.4. The molecule has 1 aromatic carbocycles. The Kier molecular flexibility index (Phi) is 4.16. The quantitative estimate of drug-likeness (QED) is 0.782. The molecule has 0 fully saturated rings. The Balaban J connectivity index is 2.04. The number of rotatable bonds is 4. The van der Waals surface area contributed by atoms with Crippen LogP contribution in [-0.2, 0) is 11.2 Å². The highest BCUT2D eigenvalue weighted by molar-refractivity contribution is 5.79. The van der Waals surface area contributed by atoms with Crippen molar-refractivity contribution >= 4 is 5.78 Å². The molecule has 0 spiro atoms. The highest BCUT2D eigenvalue weighted by atomic mass is 19.1. The fourth-order valence-corrected chi connectivity index (χ4v) is 2.24. The Morgan fingerprint density at radius 1 is 1.42 bits per heavy atom. The molecular weight excluding hydrogens is 250 g/mol. The van der Waals surface area contributed by atoms with Crippen LogP contribution in [0.15, 0.2) is 12.1 Å². The van der Waals surface area contributed by atoms with E-state index in [1.165, 1.54) is 0 Å². The lowest BCUT2D eigenvalue weighted by Gasteiger charge is -2.25. The lowest BCUT2D eigenvalue weighted by Crippen LogP contribution is -2.25. The fourth-order valence-electron chi connectivity index (χ4n) is 2.24. The van der Waals surface area contributed by atoms with E-state index in [2.05, 4.69) is 5.92 Å². The van der Waals surface area contributed by atoms with E-state index in [1.807, 2.05) is 0 Å². The first-order chi connectivity index (χ1) is 9.11. The van der Waals surface area contributed by atoms with Gasteiger partial charge in [-0.3, -0.25) is 4.79 Å². The van der Waals surface area contributed by atoms with Gasteiger partial charge in [-0.2, -0.15) is 0 Å². The number of Topliss-reactive ketones (excluding diaryl/α,β-unsaturated/α-hetero) is 1. The Hall–Kier alpha value is -1.89. The maximum absolute atomic E-state index is 13.6. The summed E-state index contributed by atoms with van der Waals surface area (Å²) in [6.07, 6.45) is 6.43. The van der Waals surface area contributed by atoms with Crippen molar-refractivity contribution in [1.82, 2.24) is 0 Å². The van der Waals surface area contributed by atoms with E-state index in [0.717, 1.165) is 12.1 Å². The Labute approximate surface area is 110 Å². The van der Waals surface area contributed by atoms with Crippen molar-refractivity contribution in [1.29, 1.82) is 0 Å². The number of hydrogen-bond acceptors (Lipinski definition) is 2. The summed E-state index contributed by atoms with van der Waals surface area (Å²) in [5.74, 6) is 1.25. The molecule has 19 heavy (non-hydrogen) atoms. The number of fused-ring (bicyclic) bond motifs is 1. The predicted octanol–water partition coefficient (Wildman–Crippen LogP) is 2.89. The van der Waals surface area contributed by atoms with E-state index >= 15 is 0 Å². The minimum absolute atomic E-state index is 0.0210. The second kappa shape index (κ2) is 5.83. The molecule has 1 heterocycles. The summed E-state index contributed by atoms with van der Waals surface area (Å²) >= 11 is 0. The molecule has 0 saturated carbocycles. The number of benzene rings is 1. The Bertz CT molecular complexity index is 532. The monoisotopic (exact) mass is 264 g/mol. The number of ketones is 1. The SMILES string of the molecule is C#CCCC(=O)CC1COc2c(F)ccc(F)c2C1. The molecule has 0 bridgehead atoms. The van der Waals surface area contributed by atoms with Gasteiger partial charge in [0.1, 0.15) is 11.6 Å². The number of carbonyl (C=O) groups is 1. The molecule has 2 nitrogen and oxygen atoms in total. The summed E-state index contributed by atoms with van der Waals surface area (Å²) in [4.78, 5) is 11.6. The van der Waals surface area contributed by atoms with Gasteiger partial charge in [-0.25, -0.2) is 8.78 Å². The van der Waals surface area contributed by atoms with Gasteiger partial charge < -0.3 is 4.74 Å². The molecule has 0 aromatic heterocycles. The van der Waals surface area contributed by atoms with E-state index < -0.39 is 11.6 Å². The second-order valence-electron chi connectivity index (χ2n) is 4.66. The molecule has 100 valence electrons. The lowest BCUT2D eigenvalue weighted by molar-refractivity contribution is -0.120. The van der Waals surface area contributed by atoms with Crippen molar-refractivity contribution in [3.8, 4) is 18.1 Å². The van der Waals surface area contributed by atoms with Gasteiger partial charge in [-0.15, -0.1) is 12.3 Å². The van der Waals surface area contributed by atoms with E-state index in [9.17, 15) is 13.6 Å². The van der Waals surface area contributed by atoms with Crippen molar-refractivity contribution in [2.75, 3.05) is 6.61 Å². The summed E-state index contributed by atoms with van der Waals surface area (Å²) in [5, 5.41) is 0. The molecular formula is C15H14F2O2. The van der Waals surface area contributed by atoms with Gasteiger partial charge in [-0.1, -0.05) is 0 Å². The molecule has 1 aliphatic rings. The smallest absolute Gasteiger partial charge is 0.165 e. The van der Waals surface area contributed by atoms with Crippen molar-refractivity contribution < 1.29 is 18.3 Å². The van der Waals surface area contributed by atoms with Crippen LogP contribution in [0.1, 0.15) is 24.8 Å². The average molecular weight is 264 g/mol. The summed E-state index contributed by atoms with van der Waals surface area (Å²) in [6, 6.07) is 2.13. The van der Waals surface area contributed by atoms with Gasteiger partial charge in [-0.05, 0) is 18.6 Å². The van der Waals surface area contributed by atoms with Crippen LogP contribution in [0.2, 0.25) is 0 Å². The number of terminal acetylenes is 1. The summed E-state index contributed by atoms with van der Waals surface area (Å²) in [6.45, 7) is 0.231. The Morgan fingerprint density at radius 2 is 2.16 bits per heavy atom. The maximum atomic E-state index is 13.6. The van der Waals surface area contributed by atoms with Crippen LogP contribution in [0.3, 0.4) is 0 Å². The zero-order chi connectivity index (χ0) is 13.8. The van der Waals surface area contributed by atoms with Crippen LogP contribution >= 0.6 is 0 Å². The number of halogens is 2. The standard InChI is InChI=1S/C15H14F2O2/c1-2-3-4-11(18)7-10-8-12-13(16)5-6-14(17)15(12)19-9-10/h1,5-6,10H,3-4,7-9H2. The number of carbonyl (C=O) groups excluding carboxylic acids is 1. The van der Waals surface area contributed by atoms with Crippen LogP contribution in [0, 0.1) is 29.9 Å². The molecule has 0 radical (unpaired) electrons. The van der Waals surface area contributed by atoms with Crippen molar-refractivity contribution in [3.05, 3.63) is 29.3 Å². The highest BCUT2D eigenvalue weighted by Crippen LogP contribution is 2.33. The lowest BCUT2D eigenvalue weighted by atomic mass is 9.91. The molecule has 1 aliphatic heterocycles. The maximum Gasteiger partial charge on any atom is 0.165 e. The first kappa shape index (κ1) is 13.5. The normalized spacial score (nSPS) is 17.2. The van der Waals surface area contributed by atoms with Crippen LogP contribution in [0.5, 0.6) is 5.75 Å². The van der Waals surface area contributed by atoms with Gasteiger partial charge in [0.2, 0.25) is 0 Å². The van der Waals surface area contributed by atoms with Crippen LogP contribution < -0.4 is 4.74 Å². The van der Waals surface area contributed by atoms with E-state index in [0.29, 0.717) is 19.3 Å². The third-order valence-electron chi connectivity index (χ3n) is 3.18.